The summed E-state index contributed by atoms with van der Waals surface area (Å²) in [5, 5.41) is 0.701. The molecule has 3 aromatic rings. The van der Waals surface area contributed by atoms with Gasteiger partial charge in [-0.25, -0.2) is 4.79 Å². The molecule has 26 heavy (non-hydrogen) atoms. The summed E-state index contributed by atoms with van der Waals surface area (Å²) >= 11 is 1.41. The van der Waals surface area contributed by atoms with E-state index in [9.17, 15) is 4.79 Å². The topological polar surface area (TPSA) is 37.1 Å². The third-order valence-electron chi connectivity index (χ3n) is 4.21. The molecule has 1 aliphatic heterocycles. The lowest BCUT2D eigenvalue weighted by atomic mass is 10.1. The maximum Gasteiger partial charge on any atom is 0.372 e. The second kappa shape index (κ2) is 6.77. The molecule has 0 bridgehead atoms. The molecule has 2 heterocycles. The van der Waals surface area contributed by atoms with E-state index >= 15 is 0 Å². The molecule has 0 aliphatic carbocycles. The molecular weight excluding hydrogens is 342 g/mol. The van der Waals surface area contributed by atoms with E-state index in [0.29, 0.717) is 10.1 Å². The molecule has 0 spiro atoms. The van der Waals surface area contributed by atoms with Gasteiger partial charge in [-0.15, -0.1) is 0 Å². The Hall–Kier alpha value is -2.92. The molecule has 0 amide bonds. The Morgan fingerprint density at radius 3 is 2.42 bits per heavy atom. The van der Waals surface area contributed by atoms with Gasteiger partial charge in [0.2, 0.25) is 0 Å². The second-order valence-electron chi connectivity index (χ2n) is 6.23. The first-order valence-corrected chi connectivity index (χ1v) is 9.13. The van der Waals surface area contributed by atoms with Gasteiger partial charge < -0.3 is 4.90 Å². The van der Waals surface area contributed by atoms with E-state index in [-0.39, 0.29) is 5.91 Å². The standard InChI is InChI=1S/C21H18N3OS/c1-23(2)17-10-8-15(9-11-17)14-19-20(25)24-13-12-18(22-21(24)26-19)16-6-4-3-5-7-16/h3-14H,1-2H3/q+1/b19-14-. The van der Waals surface area contributed by atoms with Crippen molar-refractivity contribution in [3.63, 3.8) is 0 Å². The minimum atomic E-state index is -0.0335. The molecule has 5 heteroatoms. The Morgan fingerprint density at radius 1 is 1.00 bits per heavy atom. The van der Waals surface area contributed by atoms with E-state index in [4.69, 9.17) is 0 Å². The normalized spacial score (nSPS) is 14.5. The fourth-order valence-electron chi connectivity index (χ4n) is 2.77. The summed E-state index contributed by atoms with van der Waals surface area (Å²) in [5.74, 6) is -0.0335. The number of carbonyl (C=O) groups excluding carboxylic acids is 1. The number of anilines is 1. The summed E-state index contributed by atoms with van der Waals surface area (Å²) in [5.41, 5.74) is 4.04. The van der Waals surface area contributed by atoms with Gasteiger partial charge in [-0.05, 0) is 28.8 Å². The molecule has 4 rings (SSSR count). The maximum atomic E-state index is 12.6. The Labute approximate surface area is 156 Å². The lowest BCUT2D eigenvalue weighted by Crippen LogP contribution is -2.40. The van der Waals surface area contributed by atoms with E-state index in [1.165, 1.54) is 11.8 Å². The van der Waals surface area contributed by atoms with E-state index in [1.54, 1.807) is 10.8 Å². The van der Waals surface area contributed by atoms with Gasteiger partial charge >= 0.3 is 11.1 Å². The van der Waals surface area contributed by atoms with Gasteiger partial charge in [-0.1, -0.05) is 42.5 Å². The number of nitrogens with zero attached hydrogens (tertiary/aromatic N) is 3. The van der Waals surface area contributed by atoms with Crippen LogP contribution in [-0.4, -0.2) is 25.0 Å². The highest BCUT2D eigenvalue weighted by molar-refractivity contribution is 8.04. The molecule has 0 atom stereocenters. The number of thioether (sulfide) groups is 1. The molecule has 0 saturated heterocycles. The first-order valence-electron chi connectivity index (χ1n) is 8.31. The zero-order valence-corrected chi connectivity index (χ0v) is 15.4. The van der Waals surface area contributed by atoms with Crippen LogP contribution in [0.5, 0.6) is 0 Å². The Balaban J connectivity index is 1.63. The highest BCUT2D eigenvalue weighted by Gasteiger charge is 2.35. The molecule has 1 aromatic heterocycles. The fraction of sp³-hybridized carbons (Fsp3) is 0.0952. The molecular formula is C21H18N3OS+. The van der Waals surface area contributed by atoms with Gasteiger partial charge in [0.1, 0.15) is 11.1 Å². The lowest BCUT2D eigenvalue weighted by Gasteiger charge is -2.11. The van der Waals surface area contributed by atoms with Crippen LogP contribution in [0, 0.1) is 0 Å². The number of aromatic nitrogens is 2. The summed E-state index contributed by atoms with van der Waals surface area (Å²) in [6, 6.07) is 20.0. The van der Waals surface area contributed by atoms with Gasteiger partial charge in [-0.3, -0.25) is 0 Å². The van der Waals surface area contributed by atoms with Gasteiger partial charge in [0, 0.05) is 43.2 Å². The predicted molar refractivity (Wildman–Crippen MR) is 105 cm³/mol. The number of hydrogen-bond acceptors (Lipinski definition) is 4. The van der Waals surface area contributed by atoms with Crippen LogP contribution in [-0.2, 0) is 0 Å². The van der Waals surface area contributed by atoms with Crippen LogP contribution in [0.3, 0.4) is 0 Å². The minimum Gasteiger partial charge on any atom is -0.378 e. The quantitative estimate of drug-likeness (QED) is 0.403. The molecule has 0 fully saturated rings. The van der Waals surface area contributed by atoms with Gasteiger partial charge in [0.15, 0.2) is 5.69 Å². The molecule has 0 unspecified atom stereocenters. The highest BCUT2D eigenvalue weighted by atomic mass is 32.2. The van der Waals surface area contributed by atoms with E-state index in [1.807, 2.05) is 85.7 Å². The van der Waals surface area contributed by atoms with Crippen LogP contribution >= 0.6 is 11.8 Å². The molecule has 0 N–H and O–H groups in total. The van der Waals surface area contributed by atoms with Crippen LogP contribution in [0.2, 0.25) is 0 Å². The summed E-state index contributed by atoms with van der Waals surface area (Å²) in [7, 11) is 4.01. The van der Waals surface area contributed by atoms with Crippen LogP contribution in [0.1, 0.15) is 10.4 Å². The van der Waals surface area contributed by atoms with Crippen molar-refractivity contribution in [3.8, 4) is 11.3 Å². The van der Waals surface area contributed by atoms with Gasteiger partial charge in [-0.2, -0.15) is 4.57 Å². The van der Waals surface area contributed by atoms with Crippen molar-refractivity contribution < 1.29 is 9.36 Å². The van der Waals surface area contributed by atoms with Crippen molar-refractivity contribution in [1.29, 1.82) is 0 Å². The SMILES string of the molecule is CN(C)c1ccc(/C=C2\Sc3nc(-c4ccccc4)cc[n+]3C2=O)cc1. The predicted octanol–water partition coefficient (Wildman–Crippen LogP) is 3.89. The number of benzene rings is 2. The lowest BCUT2D eigenvalue weighted by molar-refractivity contribution is -0.612. The fourth-order valence-corrected chi connectivity index (χ4v) is 3.73. The molecule has 128 valence electrons. The Bertz CT molecular complexity index is 996. The van der Waals surface area contributed by atoms with Crippen LogP contribution < -0.4 is 9.47 Å². The Morgan fingerprint density at radius 2 is 1.73 bits per heavy atom. The van der Waals surface area contributed by atoms with Gasteiger partial charge in [0.05, 0.1) is 0 Å². The monoisotopic (exact) mass is 360 g/mol. The zero-order valence-electron chi connectivity index (χ0n) is 14.6. The van der Waals surface area contributed by atoms with E-state index in [2.05, 4.69) is 4.98 Å². The van der Waals surface area contributed by atoms with Crippen LogP contribution in [0.4, 0.5) is 5.69 Å². The smallest absolute Gasteiger partial charge is 0.372 e. The molecule has 2 aromatic carbocycles. The number of fused-ring (bicyclic) bond motifs is 1. The van der Waals surface area contributed by atoms with Crippen molar-refractivity contribution in [1.82, 2.24) is 4.98 Å². The van der Waals surface area contributed by atoms with Crippen molar-refractivity contribution in [2.75, 3.05) is 19.0 Å². The summed E-state index contributed by atoms with van der Waals surface area (Å²) < 4.78 is 1.61. The molecule has 0 saturated carbocycles. The number of hydrogen-bond donors (Lipinski definition) is 0. The summed E-state index contributed by atoms with van der Waals surface area (Å²) in [6.45, 7) is 0. The first-order chi connectivity index (χ1) is 12.6. The summed E-state index contributed by atoms with van der Waals surface area (Å²) in [6.07, 6.45) is 3.72. The third kappa shape index (κ3) is 3.13. The van der Waals surface area contributed by atoms with Crippen LogP contribution in [0.15, 0.2) is 76.9 Å². The van der Waals surface area contributed by atoms with E-state index < -0.39 is 0 Å². The average molecular weight is 360 g/mol. The van der Waals surface area contributed by atoms with Crippen molar-refractivity contribution in [2.24, 2.45) is 0 Å². The van der Waals surface area contributed by atoms with Crippen LogP contribution in [0.25, 0.3) is 17.3 Å². The molecule has 1 aliphatic rings. The first kappa shape index (κ1) is 16.5. The minimum absolute atomic E-state index is 0.0335. The third-order valence-corrected chi connectivity index (χ3v) is 5.19. The Kier molecular flexibility index (Phi) is 4.31. The number of allylic oxidation sites excluding steroid dienone is 1. The maximum absolute atomic E-state index is 12.6. The largest absolute Gasteiger partial charge is 0.378 e. The number of carbonyl (C=O) groups is 1. The van der Waals surface area contributed by atoms with Crippen molar-refractivity contribution in [3.05, 3.63) is 77.3 Å². The average Bonchev–Trinajstić information content (AvgIpc) is 2.98. The van der Waals surface area contributed by atoms with Gasteiger partial charge in [0.25, 0.3) is 0 Å². The van der Waals surface area contributed by atoms with Crippen molar-refractivity contribution >= 4 is 29.4 Å². The second-order valence-corrected chi connectivity index (χ2v) is 7.24. The molecule has 0 radical (unpaired) electrons. The van der Waals surface area contributed by atoms with E-state index in [0.717, 1.165) is 22.5 Å². The highest BCUT2D eigenvalue weighted by Crippen LogP contribution is 2.31. The van der Waals surface area contributed by atoms with Crippen molar-refractivity contribution in [2.45, 2.75) is 5.16 Å². The number of rotatable bonds is 3. The molecule has 4 nitrogen and oxygen atoms in total. The summed E-state index contributed by atoms with van der Waals surface area (Å²) in [4.78, 5) is 20.0. The zero-order chi connectivity index (χ0) is 18.1.